The zero-order valence-electron chi connectivity index (χ0n) is 45.8. The molecule has 16 heteroatoms. The van der Waals surface area contributed by atoms with Gasteiger partial charge in [0.15, 0.2) is 22.1 Å². The van der Waals surface area contributed by atoms with Gasteiger partial charge in [0.05, 0.1) is 14.1 Å². The SMILES string of the molecule is CN1[CH-]N(c2[c-]c(N3[CH-]N(C)c4ccccc43)ccc2)c2ccccc21.CN1[CH-]N(c2[c-]c(N3[CH-]N(C)c4ccccc43)ccc2)c2ccccc21.C[n+]1cn(-c2cccc(-n3c[n+](C)c4ccccc43)c2)c2ccccc21.[Ag].[O]=[Ag].[Ru+6]. The van der Waals surface area contributed by atoms with E-state index in [1.807, 2.05) is 0 Å². The molecule has 0 bridgehead atoms. The van der Waals surface area contributed by atoms with Crippen LogP contribution in [0.5, 0.6) is 0 Å². The molecular formula is C66H58Ag2N12ORu+2. The molecule has 4 aliphatic rings. The number of imidazole rings is 2. The molecule has 0 saturated carbocycles. The first-order chi connectivity index (χ1) is 39.2. The fourth-order valence-electron chi connectivity index (χ4n) is 11.0. The Balaban J connectivity index is 0.000000134. The van der Waals surface area contributed by atoms with Crippen molar-refractivity contribution in [3.8, 4) is 11.4 Å². The van der Waals surface area contributed by atoms with Crippen molar-refractivity contribution in [3.63, 3.8) is 0 Å². The van der Waals surface area contributed by atoms with Crippen LogP contribution in [-0.2, 0) is 80.2 Å². The Morgan fingerprint density at radius 2 is 0.610 bits per heavy atom. The van der Waals surface area contributed by atoms with Gasteiger partial charge in [-0.25, -0.2) is 9.13 Å². The number of fused-ring (bicyclic) bond motifs is 6. The molecule has 0 unspecified atom stereocenters. The molecule has 0 saturated heterocycles. The normalized spacial score (nSPS) is 13.5. The topological polar surface area (TPSA) is 60.6 Å². The molecule has 0 amide bonds. The van der Waals surface area contributed by atoms with Gasteiger partial charge in [-0.1, -0.05) is 78.9 Å². The summed E-state index contributed by atoms with van der Waals surface area (Å²) >= 11 is 1.70. The van der Waals surface area contributed by atoms with Crippen LogP contribution in [0.25, 0.3) is 33.4 Å². The van der Waals surface area contributed by atoms with Gasteiger partial charge in [-0.15, -0.1) is 59.1 Å². The summed E-state index contributed by atoms with van der Waals surface area (Å²) in [4.78, 5) is 17.3. The molecule has 4 aliphatic heterocycles. The number of hydrogen-bond donors (Lipinski definition) is 0. The number of aryl methyl sites for hydroxylation is 2. The molecule has 1 radical (unpaired) electrons. The Hall–Kier alpha value is -7.78. The van der Waals surface area contributed by atoms with Crippen molar-refractivity contribution in [1.29, 1.82) is 0 Å². The second-order valence-electron chi connectivity index (χ2n) is 19.9. The summed E-state index contributed by atoms with van der Waals surface area (Å²) in [5.74, 6) is 0. The Kier molecular flexibility index (Phi) is 17.3. The van der Waals surface area contributed by atoms with Gasteiger partial charge in [0.1, 0.15) is 11.4 Å². The molecular weight excluding hydrogens is 1290 g/mol. The zero-order chi connectivity index (χ0) is 55.0. The van der Waals surface area contributed by atoms with Gasteiger partial charge < -0.3 is 39.2 Å². The monoisotopic (exact) mass is 1350 g/mol. The van der Waals surface area contributed by atoms with E-state index in [0.717, 1.165) is 34.1 Å². The molecule has 15 rings (SSSR count). The molecule has 13 nitrogen and oxygen atoms in total. The summed E-state index contributed by atoms with van der Waals surface area (Å²) in [6.45, 7) is 8.42. The van der Waals surface area contributed by atoms with E-state index in [1.165, 1.54) is 67.6 Å². The van der Waals surface area contributed by atoms with Crippen LogP contribution in [0.2, 0.25) is 0 Å². The summed E-state index contributed by atoms with van der Waals surface area (Å²) in [5.41, 5.74) is 20.7. The maximum Gasteiger partial charge on any atom is 6.00 e. The molecule has 11 aromatic rings. The smallest absolute Gasteiger partial charge is 6.00 e. The fourth-order valence-corrected chi connectivity index (χ4v) is 11.0. The number of hydrogen-bond acceptors (Lipinski definition) is 9. The molecule has 82 heavy (non-hydrogen) atoms. The minimum atomic E-state index is 0. The third kappa shape index (κ3) is 10.8. The second-order valence-corrected chi connectivity index (χ2v) is 19.9. The molecule has 0 fully saturated rings. The van der Waals surface area contributed by atoms with Crippen LogP contribution in [-0.4, -0.2) is 37.3 Å². The number of para-hydroxylation sites is 12. The summed E-state index contributed by atoms with van der Waals surface area (Å²) < 4.78 is 16.9. The van der Waals surface area contributed by atoms with Crippen molar-refractivity contribution in [3.05, 3.63) is 258 Å². The van der Waals surface area contributed by atoms with Gasteiger partial charge in [0.25, 0.3) is 0 Å². The first kappa shape index (κ1) is 57.5. The van der Waals surface area contributed by atoms with Crippen molar-refractivity contribution in [2.24, 2.45) is 14.1 Å². The van der Waals surface area contributed by atoms with Gasteiger partial charge in [0.2, 0.25) is 12.7 Å². The number of anilines is 12. The number of nitrogens with zero attached hydrogens (tertiary/aromatic N) is 12. The average Bonchev–Trinajstić information content (AvgIpc) is 4.57. The van der Waals surface area contributed by atoms with E-state index >= 15 is 0 Å². The van der Waals surface area contributed by atoms with E-state index in [2.05, 4.69) is 357 Å². The molecule has 0 spiro atoms. The molecule has 9 aromatic carbocycles. The quantitative estimate of drug-likeness (QED) is 0.0920. The average molecular weight is 1350 g/mol. The van der Waals surface area contributed by atoms with Gasteiger partial charge >= 0.3 is 43.8 Å². The summed E-state index contributed by atoms with van der Waals surface area (Å²) in [6, 6.07) is 79.0. The molecule has 0 atom stereocenters. The third-order valence-corrected chi connectivity index (χ3v) is 14.8. The van der Waals surface area contributed by atoms with E-state index in [-0.39, 0.29) is 41.9 Å². The van der Waals surface area contributed by atoms with Crippen LogP contribution >= 0.6 is 0 Å². The van der Waals surface area contributed by atoms with E-state index < -0.39 is 0 Å². The molecule has 0 aliphatic carbocycles. The number of rotatable bonds is 6. The number of aromatic nitrogens is 4. The molecule has 6 heterocycles. The Morgan fingerprint density at radius 1 is 0.354 bits per heavy atom. The standard InChI is InChI=1S/C22H20N4.2C22H19N4.2Ag.O.Ru/c3*1-23-15-25(21-12-5-3-10-19(21)23)17-8-7-9-18(14-17)26-16-24(2)20-11-4-6-13-22(20)26;;;;/h3-16H,1-2H3;2*3-13,15-16H,1-2H3;;;;/q+2;2*-3;;;;+6. The minimum absolute atomic E-state index is 0. The minimum Gasteiger partial charge on any atom is 6.00 e. The fraction of sp³-hybridized carbons (Fsp3) is 0.0909. The Morgan fingerprint density at radius 3 is 0.915 bits per heavy atom. The van der Waals surface area contributed by atoms with E-state index in [4.69, 9.17) is 3.25 Å². The Bertz CT molecular complexity index is 3650. The first-order valence-electron chi connectivity index (χ1n) is 26.2. The van der Waals surface area contributed by atoms with Gasteiger partial charge in [0, 0.05) is 73.9 Å². The van der Waals surface area contributed by atoms with Crippen molar-refractivity contribution in [2.75, 3.05) is 67.4 Å². The van der Waals surface area contributed by atoms with Crippen molar-refractivity contribution >= 4 is 90.3 Å². The van der Waals surface area contributed by atoms with Crippen molar-refractivity contribution in [2.45, 2.75) is 0 Å². The van der Waals surface area contributed by atoms with E-state index in [1.54, 1.807) is 21.0 Å². The summed E-state index contributed by atoms with van der Waals surface area (Å²) in [7, 11) is 12.5. The largest absolute Gasteiger partial charge is 6.00 e. The summed E-state index contributed by atoms with van der Waals surface area (Å²) in [6.07, 6.45) is 4.27. The molecule has 2 aromatic heterocycles. The van der Waals surface area contributed by atoms with Crippen molar-refractivity contribution < 1.29 is 75.3 Å². The van der Waals surface area contributed by atoms with Crippen LogP contribution in [0.1, 0.15) is 0 Å². The van der Waals surface area contributed by atoms with Crippen LogP contribution in [0.3, 0.4) is 0 Å². The predicted molar refractivity (Wildman–Crippen MR) is 319 cm³/mol. The predicted octanol–water partition coefficient (Wildman–Crippen LogP) is 12.9. The molecule has 0 N–H and O–H groups in total. The maximum absolute atomic E-state index is 8.06. The van der Waals surface area contributed by atoms with Crippen LogP contribution in [0, 0.1) is 38.8 Å². The van der Waals surface area contributed by atoms with E-state index in [9.17, 15) is 0 Å². The number of benzene rings is 9. The van der Waals surface area contributed by atoms with Crippen LogP contribution in [0.15, 0.2) is 219 Å². The molecule has 416 valence electrons. The van der Waals surface area contributed by atoms with Crippen LogP contribution < -0.4 is 48.3 Å². The van der Waals surface area contributed by atoms with E-state index in [0.29, 0.717) is 0 Å². The Labute approximate surface area is 521 Å². The summed E-state index contributed by atoms with van der Waals surface area (Å²) in [5, 5.41) is 0. The van der Waals surface area contributed by atoms with Gasteiger partial charge in [-0.3, -0.25) is 0 Å². The zero-order valence-corrected chi connectivity index (χ0v) is 50.5. The van der Waals surface area contributed by atoms with Crippen LogP contribution in [0.4, 0.5) is 68.2 Å². The van der Waals surface area contributed by atoms with Gasteiger partial charge in [-0.2, -0.15) is 47.9 Å². The first-order valence-corrected chi connectivity index (χ1v) is 26.8. The second kappa shape index (κ2) is 24.8. The maximum atomic E-state index is 8.06. The third-order valence-electron chi connectivity index (χ3n) is 14.8. The van der Waals surface area contributed by atoms with Gasteiger partial charge in [-0.05, 0) is 113 Å². The van der Waals surface area contributed by atoms with Crippen molar-refractivity contribution in [1.82, 2.24) is 9.13 Å².